The van der Waals surface area contributed by atoms with Crippen molar-refractivity contribution in [2.24, 2.45) is 0 Å². The standard InChI is InChI=1S/C19H21N3OS/c24-19(22-11-13-23-14-12-22)18(16-7-3-1-4-8-16)15-20-21-17-9-5-2-6-10-17/h1-10,15,20-21H,11-14H2/b18-15+. The maximum atomic E-state index is 5.74. The van der Waals surface area contributed by atoms with Gasteiger partial charge >= 0.3 is 0 Å². The molecule has 0 atom stereocenters. The first-order chi connectivity index (χ1) is 11.8. The van der Waals surface area contributed by atoms with Crippen LogP contribution in [0.3, 0.4) is 0 Å². The number of anilines is 1. The van der Waals surface area contributed by atoms with E-state index in [4.69, 9.17) is 17.0 Å². The van der Waals surface area contributed by atoms with Gasteiger partial charge in [0.2, 0.25) is 0 Å². The van der Waals surface area contributed by atoms with Crippen LogP contribution in [0.15, 0.2) is 66.9 Å². The van der Waals surface area contributed by atoms with Crippen molar-refractivity contribution in [3.8, 4) is 0 Å². The van der Waals surface area contributed by atoms with Crippen LogP contribution in [0.2, 0.25) is 0 Å². The van der Waals surface area contributed by atoms with Crippen LogP contribution in [0.25, 0.3) is 5.57 Å². The fraction of sp³-hybridized carbons (Fsp3) is 0.211. The summed E-state index contributed by atoms with van der Waals surface area (Å²) >= 11 is 5.74. The number of hydrazine groups is 1. The Kier molecular flexibility index (Phi) is 5.82. The third kappa shape index (κ3) is 4.34. The van der Waals surface area contributed by atoms with Crippen LogP contribution in [0.1, 0.15) is 5.56 Å². The van der Waals surface area contributed by atoms with Crippen molar-refractivity contribution in [1.82, 2.24) is 10.3 Å². The van der Waals surface area contributed by atoms with Crippen molar-refractivity contribution < 1.29 is 4.74 Å². The minimum atomic E-state index is 0.720. The minimum Gasteiger partial charge on any atom is -0.378 e. The molecule has 124 valence electrons. The molecule has 0 amide bonds. The molecule has 2 aromatic rings. The van der Waals surface area contributed by atoms with Gasteiger partial charge < -0.3 is 20.5 Å². The van der Waals surface area contributed by atoms with Crippen LogP contribution < -0.4 is 10.9 Å². The smallest absolute Gasteiger partial charge is 0.111 e. The molecule has 4 nitrogen and oxygen atoms in total. The summed E-state index contributed by atoms with van der Waals surface area (Å²) in [6, 6.07) is 20.2. The highest BCUT2D eigenvalue weighted by Crippen LogP contribution is 2.19. The van der Waals surface area contributed by atoms with Gasteiger partial charge in [-0.3, -0.25) is 0 Å². The average Bonchev–Trinajstić information content (AvgIpc) is 2.67. The van der Waals surface area contributed by atoms with Gasteiger partial charge in [-0.1, -0.05) is 60.7 Å². The Bertz CT molecular complexity index is 682. The topological polar surface area (TPSA) is 36.5 Å². The summed E-state index contributed by atoms with van der Waals surface area (Å²) in [4.78, 5) is 3.04. The lowest BCUT2D eigenvalue weighted by molar-refractivity contribution is 0.0696. The Morgan fingerprint density at radius 3 is 2.25 bits per heavy atom. The van der Waals surface area contributed by atoms with Crippen LogP contribution in [0.5, 0.6) is 0 Å². The molecule has 0 aliphatic carbocycles. The number of benzene rings is 2. The van der Waals surface area contributed by atoms with Gasteiger partial charge in [-0.05, 0) is 17.7 Å². The number of ether oxygens (including phenoxy) is 1. The fourth-order valence-electron chi connectivity index (χ4n) is 2.54. The molecule has 0 radical (unpaired) electrons. The van der Waals surface area contributed by atoms with E-state index in [9.17, 15) is 0 Å². The SMILES string of the molecule is S=C(/C(=C/NNc1ccccc1)c1ccccc1)N1CCOCC1. The summed E-state index contributed by atoms with van der Waals surface area (Å²) in [7, 11) is 0. The highest BCUT2D eigenvalue weighted by molar-refractivity contribution is 7.81. The van der Waals surface area contributed by atoms with Crippen molar-refractivity contribution >= 4 is 28.5 Å². The summed E-state index contributed by atoms with van der Waals surface area (Å²) in [5, 5.41) is 0. The van der Waals surface area contributed by atoms with E-state index in [1.54, 1.807) is 0 Å². The molecule has 1 heterocycles. The number of nitrogens with one attached hydrogen (secondary N) is 2. The summed E-state index contributed by atoms with van der Waals surface area (Å²) < 4.78 is 5.43. The van der Waals surface area contributed by atoms with Crippen molar-refractivity contribution in [2.45, 2.75) is 0 Å². The molecule has 1 aliphatic rings. The van der Waals surface area contributed by atoms with Crippen LogP contribution in [-0.4, -0.2) is 36.2 Å². The van der Waals surface area contributed by atoms with Crippen molar-refractivity contribution in [2.75, 3.05) is 31.7 Å². The molecule has 5 heteroatoms. The predicted molar refractivity (Wildman–Crippen MR) is 103 cm³/mol. The minimum absolute atomic E-state index is 0.720. The highest BCUT2D eigenvalue weighted by atomic mass is 32.1. The zero-order valence-electron chi connectivity index (χ0n) is 13.4. The third-order valence-electron chi connectivity index (χ3n) is 3.82. The molecule has 1 aliphatic heterocycles. The number of rotatable bonds is 5. The lowest BCUT2D eigenvalue weighted by Crippen LogP contribution is -2.40. The van der Waals surface area contributed by atoms with Crippen LogP contribution in [0, 0.1) is 0 Å². The lowest BCUT2D eigenvalue weighted by Gasteiger charge is -2.30. The maximum Gasteiger partial charge on any atom is 0.111 e. The Morgan fingerprint density at radius 2 is 1.58 bits per heavy atom. The zero-order chi connectivity index (χ0) is 16.6. The first-order valence-corrected chi connectivity index (χ1v) is 8.44. The van der Waals surface area contributed by atoms with Gasteiger partial charge in [0.25, 0.3) is 0 Å². The van der Waals surface area contributed by atoms with E-state index in [0.717, 1.165) is 48.1 Å². The normalized spacial score (nSPS) is 15.0. The molecule has 3 rings (SSSR count). The molecular formula is C19H21N3OS. The summed E-state index contributed by atoms with van der Waals surface area (Å²) in [6.45, 7) is 3.10. The van der Waals surface area contributed by atoms with Crippen LogP contribution in [-0.2, 0) is 4.74 Å². The number of morpholine rings is 1. The molecule has 24 heavy (non-hydrogen) atoms. The molecular weight excluding hydrogens is 318 g/mol. The number of para-hydroxylation sites is 1. The molecule has 0 spiro atoms. The molecule has 1 saturated heterocycles. The van der Waals surface area contributed by atoms with Gasteiger partial charge in [0.05, 0.1) is 18.9 Å². The molecule has 0 saturated carbocycles. The molecule has 2 N–H and O–H groups in total. The van der Waals surface area contributed by atoms with Gasteiger partial charge in [-0.15, -0.1) is 0 Å². The van der Waals surface area contributed by atoms with E-state index in [1.807, 2.05) is 54.7 Å². The summed E-state index contributed by atoms with van der Waals surface area (Å²) in [6.07, 6.45) is 1.93. The van der Waals surface area contributed by atoms with Crippen LogP contribution in [0.4, 0.5) is 5.69 Å². The first-order valence-electron chi connectivity index (χ1n) is 8.04. The Hall–Kier alpha value is -2.37. The summed E-state index contributed by atoms with van der Waals surface area (Å²) in [5.74, 6) is 0. The van der Waals surface area contributed by atoms with E-state index >= 15 is 0 Å². The Balaban J connectivity index is 1.76. The monoisotopic (exact) mass is 339 g/mol. The van der Waals surface area contributed by atoms with E-state index in [2.05, 4.69) is 27.9 Å². The Labute approximate surface area is 148 Å². The van der Waals surface area contributed by atoms with Gasteiger partial charge in [-0.2, -0.15) is 0 Å². The van der Waals surface area contributed by atoms with Gasteiger partial charge in [-0.25, -0.2) is 0 Å². The maximum absolute atomic E-state index is 5.74. The van der Waals surface area contributed by atoms with E-state index in [-0.39, 0.29) is 0 Å². The lowest BCUT2D eigenvalue weighted by atomic mass is 10.1. The third-order valence-corrected chi connectivity index (χ3v) is 4.30. The zero-order valence-corrected chi connectivity index (χ0v) is 14.3. The van der Waals surface area contributed by atoms with Crippen molar-refractivity contribution in [3.63, 3.8) is 0 Å². The van der Waals surface area contributed by atoms with Gasteiger partial charge in [0.15, 0.2) is 0 Å². The summed E-state index contributed by atoms with van der Waals surface area (Å²) in [5.41, 5.74) is 9.42. The molecule has 2 aromatic carbocycles. The number of hydrogen-bond donors (Lipinski definition) is 2. The fourth-order valence-corrected chi connectivity index (χ4v) is 2.90. The predicted octanol–water partition coefficient (Wildman–Crippen LogP) is 3.30. The Morgan fingerprint density at radius 1 is 0.958 bits per heavy atom. The number of thiocarbonyl (C=S) groups is 1. The van der Waals surface area contributed by atoms with E-state index in [0.29, 0.717) is 0 Å². The highest BCUT2D eigenvalue weighted by Gasteiger charge is 2.18. The van der Waals surface area contributed by atoms with Gasteiger partial charge in [0, 0.05) is 24.9 Å². The number of hydrogen-bond acceptors (Lipinski definition) is 4. The average molecular weight is 339 g/mol. The van der Waals surface area contributed by atoms with Crippen molar-refractivity contribution in [3.05, 3.63) is 72.4 Å². The second-order valence-corrected chi connectivity index (χ2v) is 5.85. The number of nitrogens with zero attached hydrogens (tertiary/aromatic N) is 1. The molecule has 0 unspecified atom stereocenters. The molecule has 0 bridgehead atoms. The largest absolute Gasteiger partial charge is 0.378 e. The molecule has 0 aromatic heterocycles. The van der Waals surface area contributed by atoms with E-state index in [1.165, 1.54) is 0 Å². The molecule has 1 fully saturated rings. The van der Waals surface area contributed by atoms with Crippen LogP contribution >= 0.6 is 12.2 Å². The van der Waals surface area contributed by atoms with Crippen molar-refractivity contribution in [1.29, 1.82) is 0 Å². The van der Waals surface area contributed by atoms with E-state index < -0.39 is 0 Å². The second kappa shape index (κ2) is 8.47. The first kappa shape index (κ1) is 16.5. The second-order valence-electron chi connectivity index (χ2n) is 5.46. The van der Waals surface area contributed by atoms with Gasteiger partial charge in [0.1, 0.15) is 4.99 Å². The quantitative estimate of drug-likeness (QED) is 0.497.